The van der Waals surface area contributed by atoms with Crippen LogP contribution in [0.15, 0.2) is 48.6 Å². The SMILES string of the molecule is CC(C)(C)OC(=O)CCCOc1ccc(/C=C/C(=O)CC(=O)/C=C/c2ccc(OCCCC(=O)OC(C)(C)C)c(O)c2)cc1O. The van der Waals surface area contributed by atoms with Gasteiger partial charge in [-0.05, 0) is 102 Å². The van der Waals surface area contributed by atoms with Gasteiger partial charge in [0.05, 0.1) is 19.6 Å². The lowest BCUT2D eigenvalue weighted by molar-refractivity contribution is -0.156. The van der Waals surface area contributed by atoms with Gasteiger partial charge in [0.25, 0.3) is 0 Å². The smallest absolute Gasteiger partial charge is 0.306 e. The van der Waals surface area contributed by atoms with Crippen molar-refractivity contribution in [2.75, 3.05) is 13.2 Å². The van der Waals surface area contributed by atoms with Gasteiger partial charge in [0.1, 0.15) is 11.2 Å². The van der Waals surface area contributed by atoms with E-state index >= 15 is 0 Å². The maximum absolute atomic E-state index is 12.3. The quantitative estimate of drug-likeness (QED) is 0.0937. The van der Waals surface area contributed by atoms with Crippen molar-refractivity contribution >= 4 is 35.7 Å². The zero-order chi connectivity index (χ0) is 33.6. The number of carbonyl (C=O) groups excluding carboxylic acids is 4. The molecular formula is C35H44O10. The van der Waals surface area contributed by atoms with Crippen LogP contribution in [0.5, 0.6) is 23.0 Å². The van der Waals surface area contributed by atoms with Crippen LogP contribution in [0.2, 0.25) is 0 Å². The Bertz CT molecular complexity index is 1280. The molecule has 2 N–H and O–H groups in total. The standard InChI is InChI=1S/C35H44O10/c1-34(2,3)44-32(40)9-7-19-42-30-17-13-24(21-28(30)38)11-15-26(36)23-27(37)16-12-25-14-18-31(29(39)22-25)43-20-8-10-33(41)45-35(4,5)6/h11-18,21-22,38-39H,7-10,19-20,23H2,1-6H3/b15-11+,16-12+. The third kappa shape index (κ3) is 15.6. The fraction of sp³-hybridized carbons (Fsp3) is 0.429. The van der Waals surface area contributed by atoms with Gasteiger partial charge in [0.2, 0.25) is 0 Å². The second-order valence-electron chi connectivity index (χ2n) is 12.3. The zero-order valence-corrected chi connectivity index (χ0v) is 26.9. The van der Waals surface area contributed by atoms with Gasteiger partial charge in [-0.2, -0.15) is 0 Å². The lowest BCUT2D eigenvalue weighted by Crippen LogP contribution is -2.24. The van der Waals surface area contributed by atoms with Crippen LogP contribution in [0.25, 0.3) is 12.2 Å². The van der Waals surface area contributed by atoms with Gasteiger partial charge in [-0.1, -0.05) is 24.3 Å². The number of esters is 2. The van der Waals surface area contributed by atoms with E-state index < -0.39 is 22.8 Å². The number of carbonyl (C=O) groups is 4. The molecule has 0 atom stereocenters. The summed E-state index contributed by atoms with van der Waals surface area (Å²) in [5.74, 6) is -1.26. The molecule has 244 valence electrons. The normalized spacial score (nSPS) is 11.9. The van der Waals surface area contributed by atoms with Crippen LogP contribution in [0.1, 0.15) is 84.8 Å². The molecule has 0 heterocycles. The van der Waals surface area contributed by atoms with Gasteiger partial charge < -0.3 is 29.2 Å². The Labute approximate surface area is 264 Å². The molecule has 0 saturated carbocycles. The van der Waals surface area contributed by atoms with E-state index in [4.69, 9.17) is 18.9 Å². The first kappa shape index (κ1) is 36.6. The Morgan fingerprint density at radius 2 is 1.02 bits per heavy atom. The highest BCUT2D eigenvalue weighted by Crippen LogP contribution is 2.29. The van der Waals surface area contributed by atoms with E-state index in [2.05, 4.69) is 0 Å². The average molecular weight is 625 g/mol. The van der Waals surface area contributed by atoms with E-state index in [0.29, 0.717) is 24.0 Å². The van der Waals surface area contributed by atoms with Gasteiger partial charge >= 0.3 is 11.9 Å². The fourth-order valence-electron chi connectivity index (χ4n) is 3.77. The number of phenols is 2. The molecule has 10 nitrogen and oxygen atoms in total. The summed E-state index contributed by atoms with van der Waals surface area (Å²) in [7, 11) is 0. The van der Waals surface area contributed by atoms with Crippen molar-refractivity contribution in [2.45, 2.75) is 84.8 Å². The largest absolute Gasteiger partial charge is 0.504 e. The van der Waals surface area contributed by atoms with E-state index in [-0.39, 0.29) is 67.4 Å². The molecule has 45 heavy (non-hydrogen) atoms. The van der Waals surface area contributed by atoms with Crippen molar-refractivity contribution in [3.8, 4) is 23.0 Å². The average Bonchev–Trinajstić information content (AvgIpc) is 2.91. The van der Waals surface area contributed by atoms with Gasteiger partial charge in [0.15, 0.2) is 34.6 Å². The molecule has 0 aliphatic rings. The van der Waals surface area contributed by atoms with Crippen LogP contribution in [0, 0.1) is 0 Å². The van der Waals surface area contributed by atoms with Crippen molar-refractivity contribution in [1.82, 2.24) is 0 Å². The Morgan fingerprint density at radius 1 is 0.644 bits per heavy atom. The third-order valence-electron chi connectivity index (χ3n) is 5.64. The van der Waals surface area contributed by atoms with Gasteiger partial charge in [-0.15, -0.1) is 0 Å². The second kappa shape index (κ2) is 17.0. The lowest BCUT2D eigenvalue weighted by atomic mass is 10.1. The highest BCUT2D eigenvalue weighted by atomic mass is 16.6. The summed E-state index contributed by atoms with van der Waals surface area (Å²) >= 11 is 0. The number of aromatic hydroxyl groups is 2. The van der Waals surface area contributed by atoms with E-state index in [1.54, 1.807) is 65.8 Å². The number of benzene rings is 2. The molecular weight excluding hydrogens is 580 g/mol. The van der Waals surface area contributed by atoms with Crippen LogP contribution < -0.4 is 9.47 Å². The predicted octanol–water partition coefficient (Wildman–Crippen LogP) is 6.35. The van der Waals surface area contributed by atoms with Crippen LogP contribution >= 0.6 is 0 Å². The highest BCUT2D eigenvalue weighted by molar-refractivity contribution is 6.10. The summed E-state index contributed by atoms with van der Waals surface area (Å²) in [6.45, 7) is 11.2. The van der Waals surface area contributed by atoms with Gasteiger partial charge in [0, 0.05) is 12.8 Å². The van der Waals surface area contributed by atoms with E-state index in [0.717, 1.165) is 0 Å². The minimum absolute atomic E-state index is 0.124. The van der Waals surface area contributed by atoms with Gasteiger partial charge in [-0.3, -0.25) is 19.2 Å². The number of hydrogen-bond donors (Lipinski definition) is 2. The zero-order valence-electron chi connectivity index (χ0n) is 26.9. The van der Waals surface area contributed by atoms with Crippen molar-refractivity contribution in [1.29, 1.82) is 0 Å². The van der Waals surface area contributed by atoms with Crippen LogP contribution in [-0.4, -0.2) is 58.1 Å². The molecule has 0 bridgehead atoms. The van der Waals surface area contributed by atoms with E-state index in [9.17, 15) is 29.4 Å². The molecule has 0 aliphatic heterocycles. The molecule has 2 aromatic rings. The first-order chi connectivity index (χ1) is 21.0. The summed E-state index contributed by atoms with van der Waals surface area (Å²) in [6.07, 6.45) is 6.34. The maximum Gasteiger partial charge on any atom is 0.306 e. The summed E-state index contributed by atoms with van der Waals surface area (Å²) < 4.78 is 21.5. The van der Waals surface area contributed by atoms with Crippen LogP contribution in [-0.2, 0) is 28.7 Å². The van der Waals surface area contributed by atoms with Crippen molar-refractivity contribution < 1.29 is 48.3 Å². The number of rotatable bonds is 16. The minimum atomic E-state index is -0.548. The molecule has 0 amide bonds. The molecule has 0 spiro atoms. The van der Waals surface area contributed by atoms with E-state index in [1.807, 2.05) is 0 Å². The Kier molecular flexibility index (Phi) is 13.9. The number of ketones is 2. The molecule has 2 aromatic carbocycles. The summed E-state index contributed by atoms with van der Waals surface area (Å²) in [4.78, 5) is 48.1. The molecule has 0 radical (unpaired) electrons. The summed E-state index contributed by atoms with van der Waals surface area (Å²) in [5, 5.41) is 20.5. The number of ether oxygens (including phenoxy) is 4. The Hall–Kier alpha value is -4.60. The third-order valence-corrected chi connectivity index (χ3v) is 5.64. The number of phenolic OH excluding ortho intramolecular Hbond substituents is 2. The molecule has 0 saturated heterocycles. The lowest BCUT2D eigenvalue weighted by Gasteiger charge is -2.19. The van der Waals surface area contributed by atoms with Gasteiger partial charge in [-0.25, -0.2) is 0 Å². The molecule has 0 aromatic heterocycles. The molecule has 0 fully saturated rings. The fourth-order valence-corrected chi connectivity index (χ4v) is 3.77. The first-order valence-corrected chi connectivity index (χ1v) is 14.8. The monoisotopic (exact) mass is 624 g/mol. The number of hydrogen-bond acceptors (Lipinski definition) is 10. The van der Waals surface area contributed by atoms with Crippen molar-refractivity contribution in [3.63, 3.8) is 0 Å². The summed E-state index contributed by atoms with van der Waals surface area (Å²) in [6, 6.07) is 9.25. The molecule has 0 unspecified atom stereocenters. The van der Waals surface area contributed by atoms with Crippen LogP contribution in [0.4, 0.5) is 0 Å². The van der Waals surface area contributed by atoms with Crippen molar-refractivity contribution in [3.05, 3.63) is 59.7 Å². The molecule has 10 heteroatoms. The topological polar surface area (TPSA) is 146 Å². The Balaban J connectivity index is 1.77. The number of allylic oxidation sites excluding steroid dienone is 2. The van der Waals surface area contributed by atoms with E-state index in [1.165, 1.54) is 36.4 Å². The predicted molar refractivity (Wildman–Crippen MR) is 170 cm³/mol. The minimum Gasteiger partial charge on any atom is -0.504 e. The molecule has 2 rings (SSSR count). The molecule has 0 aliphatic carbocycles. The summed E-state index contributed by atoms with van der Waals surface area (Å²) in [5.41, 5.74) is -0.0261. The Morgan fingerprint density at radius 3 is 1.36 bits per heavy atom. The second-order valence-corrected chi connectivity index (χ2v) is 12.3. The van der Waals surface area contributed by atoms with Crippen LogP contribution in [0.3, 0.4) is 0 Å². The van der Waals surface area contributed by atoms with Crippen molar-refractivity contribution in [2.24, 2.45) is 0 Å². The highest BCUT2D eigenvalue weighted by Gasteiger charge is 2.17. The maximum atomic E-state index is 12.3. The first-order valence-electron chi connectivity index (χ1n) is 14.8.